The van der Waals surface area contributed by atoms with Crippen LogP contribution in [0.5, 0.6) is 0 Å². The van der Waals surface area contributed by atoms with E-state index in [2.05, 4.69) is 29.0 Å². The van der Waals surface area contributed by atoms with Gasteiger partial charge in [0.05, 0.1) is 5.51 Å². The molecule has 1 aromatic rings. The van der Waals surface area contributed by atoms with Crippen molar-refractivity contribution in [2.24, 2.45) is 0 Å². The van der Waals surface area contributed by atoms with Gasteiger partial charge < -0.3 is 5.32 Å². The van der Waals surface area contributed by atoms with E-state index in [-0.39, 0.29) is 0 Å². The standard InChI is InChI=1S/C16H27N3S/c1-3-16(4-2)11-18-15(7-5-6-8-15)12-19(16)10-14-9-17-13-20-14/h9,13,18H,3-8,10-12H2,1-2H3. The highest BCUT2D eigenvalue weighted by molar-refractivity contribution is 7.09. The quantitative estimate of drug-likeness (QED) is 0.922. The molecule has 0 amide bonds. The molecule has 0 bridgehead atoms. The third-order valence-corrected chi connectivity index (χ3v) is 6.43. The highest BCUT2D eigenvalue weighted by atomic mass is 32.1. The Bertz CT molecular complexity index is 419. The maximum absolute atomic E-state index is 4.25. The average molecular weight is 293 g/mol. The lowest BCUT2D eigenvalue weighted by atomic mass is 9.82. The smallest absolute Gasteiger partial charge is 0.0794 e. The molecular formula is C16H27N3S. The predicted octanol–water partition coefficient (Wildman–Crippen LogP) is 3.42. The van der Waals surface area contributed by atoms with Gasteiger partial charge in [0.25, 0.3) is 0 Å². The Morgan fingerprint density at radius 2 is 2.05 bits per heavy atom. The van der Waals surface area contributed by atoms with Gasteiger partial charge in [-0.15, -0.1) is 11.3 Å². The summed E-state index contributed by atoms with van der Waals surface area (Å²) in [7, 11) is 0. The second-order valence-corrected chi connectivity index (χ2v) is 7.57. The number of nitrogens with zero attached hydrogens (tertiary/aromatic N) is 2. The van der Waals surface area contributed by atoms with Crippen molar-refractivity contribution in [3.05, 3.63) is 16.6 Å². The third-order valence-electron chi connectivity index (χ3n) is 5.66. The van der Waals surface area contributed by atoms with Crippen molar-refractivity contribution in [3.8, 4) is 0 Å². The van der Waals surface area contributed by atoms with Crippen molar-refractivity contribution in [2.75, 3.05) is 13.1 Å². The molecule has 1 saturated carbocycles. The van der Waals surface area contributed by atoms with E-state index >= 15 is 0 Å². The minimum Gasteiger partial charge on any atom is -0.308 e. The lowest BCUT2D eigenvalue weighted by Crippen LogP contribution is -2.68. The lowest BCUT2D eigenvalue weighted by Gasteiger charge is -2.53. The number of piperazine rings is 1. The van der Waals surface area contributed by atoms with Gasteiger partial charge in [0.2, 0.25) is 0 Å². The Balaban J connectivity index is 1.81. The summed E-state index contributed by atoms with van der Waals surface area (Å²) >= 11 is 1.80. The van der Waals surface area contributed by atoms with Crippen molar-refractivity contribution in [2.45, 2.75) is 70.0 Å². The van der Waals surface area contributed by atoms with Crippen LogP contribution in [0.3, 0.4) is 0 Å². The van der Waals surface area contributed by atoms with Crippen LogP contribution >= 0.6 is 11.3 Å². The fourth-order valence-electron chi connectivity index (χ4n) is 4.12. The molecule has 1 saturated heterocycles. The van der Waals surface area contributed by atoms with Gasteiger partial charge in [-0.3, -0.25) is 9.88 Å². The van der Waals surface area contributed by atoms with E-state index in [0.717, 1.165) is 13.1 Å². The summed E-state index contributed by atoms with van der Waals surface area (Å²) in [6.07, 6.45) is 10.0. The number of hydrogen-bond donors (Lipinski definition) is 1. The topological polar surface area (TPSA) is 28.2 Å². The van der Waals surface area contributed by atoms with Crippen LogP contribution in [0.4, 0.5) is 0 Å². The molecule has 0 atom stereocenters. The predicted molar refractivity (Wildman–Crippen MR) is 85.0 cm³/mol. The summed E-state index contributed by atoms with van der Waals surface area (Å²) in [5, 5.41) is 3.94. The SMILES string of the molecule is CCC1(CC)CNC2(CCCC2)CN1Cc1cncs1. The van der Waals surface area contributed by atoms with E-state index in [1.165, 1.54) is 49.9 Å². The summed E-state index contributed by atoms with van der Waals surface area (Å²) in [5.74, 6) is 0. The largest absolute Gasteiger partial charge is 0.308 e. The van der Waals surface area contributed by atoms with Gasteiger partial charge in [-0.2, -0.15) is 0 Å². The van der Waals surface area contributed by atoms with Crippen molar-refractivity contribution < 1.29 is 0 Å². The molecule has 1 N–H and O–H groups in total. The van der Waals surface area contributed by atoms with Crippen molar-refractivity contribution in [1.29, 1.82) is 0 Å². The van der Waals surface area contributed by atoms with Crippen LogP contribution in [0.15, 0.2) is 11.7 Å². The van der Waals surface area contributed by atoms with Gasteiger partial charge in [-0.05, 0) is 25.7 Å². The lowest BCUT2D eigenvalue weighted by molar-refractivity contribution is -0.00584. The van der Waals surface area contributed by atoms with Crippen molar-refractivity contribution >= 4 is 11.3 Å². The third kappa shape index (κ3) is 2.53. The molecule has 2 heterocycles. The number of aromatic nitrogens is 1. The summed E-state index contributed by atoms with van der Waals surface area (Å²) in [6, 6.07) is 0. The number of thiazole rings is 1. The summed E-state index contributed by atoms with van der Waals surface area (Å²) in [5.41, 5.74) is 2.69. The minimum atomic E-state index is 0.331. The minimum absolute atomic E-state index is 0.331. The fourth-order valence-corrected chi connectivity index (χ4v) is 4.73. The highest BCUT2D eigenvalue weighted by Gasteiger charge is 2.46. The molecule has 0 unspecified atom stereocenters. The Kier molecular flexibility index (Phi) is 4.16. The van der Waals surface area contributed by atoms with Gasteiger partial charge in [0.15, 0.2) is 0 Å². The van der Waals surface area contributed by atoms with Crippen LogP contribution in [-0.2, 0) is 6.54 Å². The number of nitrogens with one attached hydrogen (secondary N) is 1. The zero-order chi connectivity index (χ0) is 14.1. The van der Waals surface area contributed by atoms with E-state index in [0.29, 0.717) is 11.1 Å². The second kappa shape index (κ2) is 5.74. The molecular weight excluding hydrogens is 266 g/mol. The van der Waals surface area contributed by atoms with Gasteiger partial charge in [-0.25, -0.2) is 0 Å². The highest BCUT2D eigenvalue weighted by Crippen LogP contribution is 2.39. The molecule has 1 aliphatic carbocycles. The Morgan fingerprint density at radius 1 is 1.30 bits per heavy atom. The monoisotopic (exact) mass is 293 g/mol. The molecule has 1 aromatic heterocycles. The van der Waals surface area contributed by atoms with Crippen LogP contribution in [0, 0.1) is 0 Å². The first-order valence-electron chi connectivity index (χ1n) is 8.09. The Hall–Kier alpha value is -0.450. The molecule has 1 spiro atoms. The van der Waals surface area contributed by atoms with Gasteiger partial charge in [-0.1, -0.05) is 26.7 Å². The summed E-state index contributed by atoms with van der Waals surface area (Å²) in [4.78, 5) is 8.43. The van der Waals surface area contributed by atoms with Crippen LogP contribution < -0.4 is 5.32 Å². The van der Waals surface area contributed by atoms with Crippen LogP contribution in [0.25, 0.3) is 0 Å². The van der Waals surface area contributed by atoms with Crippen molar-refractivity contribution in [1.82, 2.24) is 15.2 Å². The van der Waals surface area contributed by atoms with Gasteiger partial charge >= 0.3 is 0 Å². The molecule has 3 nitrogen and oxygen atoms in total. The van der Waals surface area contributed by atoms with Gasteiger partial charge in [0, 0.05) is 41.8 Å². The molecule has 0 aromatic carbocycles. The first-order chi connectivity index (χ1) is 9.72. The number of rotatable bonds is 4. The fraction of sp³-hybridized carbons (Fsp3) is 0.812. The van der Waals surface area contributed by atoms with E-state index < -0.39 is 0 Å². The molecule has 20 heavy (non-hydrogen) atoms. The van der Waals surface area contributed by atoms with Crippen LogP contribution in [-0.4, -0.2) is 34.1 Å². The summed E-state index contributed by atoms with van der Waals surface area (Å²) < 4.78 is 0. The van der Waals surface area contributed by atoms with Crippen LogP contribution in [0.1, 0.15) is 57.2 Å². The molecule has 2 aliphatic rings. The van der Waals surface area contributed by atoms with E-state index in [9.17, 15) is 0 Å². The molecule has 3 rings (SSSR count). The normalized spacial score (nSPS) is 25.3. The van der Waals surface area contributed by atoms with E-state index in [1.54, 1.807) is 11.3 Å². The molecule has 1 aliphatic heterocycles. The van der Waals surface area contributed by atoms with Crippen LogP contribution in [0.2, 0.25) is 0 Å². The van der Waals surface area contributed by atoms with E-state index in [4.69, 9.17) is 0 Å². The maximum Gasteiger partial charge on any atom is 0.0794 e. The first-order valence-corrected chi connectivity index (χ1v) is 8.97. The zero-order valence-corrected chi connectivity index (χ0v) is 13.6. The molecule has 112 valence electrons. The van der Waals surface area contributed by atoms with Gasteiger partial charge in [0.1, 0.15) is 0 Å². The summed E-state index contributed by atoms with van der Waals surface area (Å²) in [6.45, 7) is 8.14. The van der Waals surface area contributed by atoms with E-state index in [1.807, 2.05) is 11.7 Å². The molecule has 2 fully saturated rings. The Labute approximate surface area is 126 Å². The zero-order valence-electron chi connectivity index (χ0n) is 12.8. The molecule has 0 radical (unpaired) electrons. The molecule has 4 heteroatoms. The average Bonchev–Trinajstić information content (AvgIpc) is 3.13. The van der Waals surface area contributed by atoms with Crippen molar-refractivity contribution in [3.63, 3.8) is 0 Å². The second-order valence-electron chi connectivity index (χ2n) is 6.60. The first kappa shape index (κ1) is 14.5. The maximum atomic E-state index is 4.25. The number of hydrogen-bond acceptors (Lipinski definition) is 4. The Morgan fingerprint density at radius 3 is 2.65 bits per heavy atom.